The van der Waals surface area contributed by atoms with E-state index < -0.39 is 0 Å². The number of halogens is 1. The van der Waals surface area contributed by atoms with Gasteiger partial charge in [-0.05, 0) is 42.0 Å². The maximum Gasteiger partial charge on any atom is 0.153 e. The summed E-state index contributed by atoms with van der Waals surface area (Å²) in [6.07, 6.45) is 0. The third-order valence-corrected chi connectivity index (χ3v) is 4.61. The summed E-state index contributed by atoms with van der Waals surface area (Å²) in [5, 5.41) is 11.4. The monoisotopic (exact) mass is 340 g/mol. The molecule has 102 valence electrons. The number of nitrogens with one attached hydrogen (secondary N) is 1. The molecule has 0 saturated carbocycles. The maximum absolute atomic E-state index is 4.03. The van der Waals surface area contributed by atoms with Crippen LogP contribution in [-0.2, 0) is 7.05 Å². The average Bonchev–Trinajstić information content (AvgIpc) is 2.73. The number of rotatable bonds is 5. The molecule has 1 aromatic carbocycles. The Morgan fingerprint density at radius 2 is 2.05 bits per heavy atom. The molecule has 0 aliphatic heterocycles. The molecule has 0 aliphatic carbocycles. The van der Waals surface area contributed by atoms with Crippen LogP contribution >= 0.6 is 27.7 Å². The molecule has 6 heteroatoms. The predicted octanol–water partition coefficient (Wildman–Crippen LogP) is 2.94. The standard InChI is InChI=1S/C13H17BrN4S/c1-9-4-6-10(7-5-9)19-8-11(15-2)12-13(14)16-17-18(12)3/h4-7,11,15H,8H2,1-3H3. The highest BCUT2D eigenvalue weighted by Crippen LogP contribution is 2.27. The van der Waals surface area contributed by atoms with Gasteiger partial charge in [0.05, 0.1) is 11.7 Å². The predicted molar refractivity (Wildman–Crippen MR) is 82.4 cm³/mol. The molecule has 1 unspecified atom stereocenters. The molecule has 1 aromatic heterocycles. The first kappa shape index (κ1) is 14.6. The van der Waals surface area contributed by atoms with Gasteiger partial charge >= 0.3 is 0 Å². The molecule has 0 amide bonds. The second-order valence-electron chi connectivity index (χ2n) is 4.35. The lowest BCUT2D eigenvalue weighted by Crippen LogP contribution is -2.22. The molecule has 0 bridgehead atoms. The molecule has 1 atom stereocenters. The van der Waals surface area contributed by atoms with Gasteiger partial charge in [-0.25, -0.2) is 4.68 Å². The number of thioether (sulfide) groups is 1. The number of aryl methyl sites for hydroxylation is 2. The molecule has 19 heavy (non-hydrogen) atoms. The van der Waals surface area contributed by atoms with Crippen molar-refractivity contribution in [1.82, 2.24) is 20.3 Å². The number of hydrogen-bond donors (Lipinski definition) is 1. The summed E-state index contributed by atoms with van der Waals surface area (Å²) < 4.78 is 2.61. The zero-order valence-electron chi connectivity index (χ0n) is 11.2. The minimum atomic E-state index is 0.209. The minimum absolute atomic E-state index is 0.209. The molecule has 1 N–H and O–H groups in total. The van der Waals surface area contributed by atoms with E-state index in [0.717, 1.165) is 16.0 Å². The van der Waals surface area contributed by atoms with Crippen molar-refractivity contribution in [2.24, 2.45) is 7.05 Å². The topological polar surface area (TPSA) is 42.7 Å². The van der Waals surface area contributed by atoms with Gasteiger partial charge in [-0.1, -0.05) is 22.9 Å². The van der Waals surface area contributed by atoms with E-state index in [1.54, 1.807) is 4.68 Å². The van der Waals surface area contributed by atoms with Crippen LogP contribution in [0.25, 0.3) is 0 Å². The normalized spacial score (nSPS) is 12.6. The second-order valence-corrected chi connectivity index (χ2v) is 6.20. The smallest absolute Gasteiger partial charge is 0.153 e. The summed E-state index contributed by atoms with van der Waals surface area (Å²) in [4.78, 5) is 1.28. The van der Waals surface area contributed by atoms with Crippen molar-refractivity contribution in [1.29, 1.82) is 0 Å². The van der Waals surface area contributed by atoms with Crippen molar-refractivity contribution >= 4 is 27.7 Å². The van der Waals surface area contributed by atoms with E-state index >= 15 is 0 Å². The van der Waals surface area contributed by atoms with Gasteiger partial charge in [0.15, 0.2) is 4.60 Å². The van der Waals surface area contributed by atoms with Gasteiger partial charge in [0, 0.05) is 17.7 Å². The van der Waals surface area contributed by atoms with E-state index in [9.17, 15) is 0 Å². The molecule has 1 heterocycles. The number of benzene rings is 1. The van der Waals surface area contributed by atoms with Gasteiger partial charge in [0.1, 0.15) is 0 Å². The Morgan fingerprint density at radius 3 is 2.58 bits per heavy atom. The number of hydrogen-bond acceptors (Lipinski definition) is 4. The van der Waals surface area contributed by atoms with Crippen molar-refractivity contribution in [2.45, 2.75) is 17.9 Å². The van der Waals surface area contributed by atoms with Crippen LogP contribution in [0.2, 0.25) is 0 Å². The first-order chi connectivity index (χ1) is 9.11. The van der Waals surface area contributed by atoms with Gasteiger partial charge in [-0.2, -0.15) is 0 Å². The fourth-order valence-corrected chi connectivity index (χ4v) is 3.44. The van der Waals surface area contributed by atoms with Crippen molar-refractivity contribution < 1.29 is 0 Å². The van der Waals surface area contributed by atoms with E-state index in [1.807, 2.05) is 25.9 Å². The summed E-state index contributed by atoms with van der Waals surface area (Å²) in [5.74, 6) is 0.930. The first-order valence-corrected chi connectivity index (χ1v) is 7.81. The van der Waals surface area contributed by atoms with Crippen molar-refractivity contribution in [3.05, 3.63) is 40.1 Å². The Balaban J connectivity index is 2.06. The fourth-order valence-electron chi connectivity index (χ4n) is 1.82. The van der Waals surface area contributed by atoms with Gasteiger partial charge in [0.25, 0.3) is 0 Å². The molecule has 0 saturated heterocycles. The van der Waals surface area contributed by atoms with Crippen LogP contribution < -0.4 is 5.32 Å². The number of aromatic nitrogens is 3. The minimum Gasteiger partial charge on any atom is -0.311 e. The average molecular weight is 341 g/mol. The molecular weight excluding hydrogens is 324 g/mol. The molecule has 0 spiro atoms. The summed E-state index contributed by atoms with van der Waals surface area (Å²) in [6.45, 7) is 2.10. The zero-order chi connectivity index (χ0) is 13.8. The Kier molecular flexibility index (Phi) is 5.01. The van der Waals surface area contributed by atoms with Gasteiger partial charge in [-0.3, -0.25) is 0 Å². The largest absolute Gasteiger partial charge is 0.311 e. The Labute approximate surface area is 126 Å². The van der Waals surface area contributed by atoms with Crippen LogP contribution in [0.1, 0.15) is 17.3 Å². The zero-order valence-corrected chi connectivity index (χ0v) is 13.6. The second kappa shape index (κ2) is 6.54. The van der Waals surface area contributed by atoms with Crippen LogP contribution in [0.3, 0.4) is 0 Å². The van der Waals surface area contributed by atoms with Gasteiger partial charge < -0.3 is 5.32 Å². The first-order valence-electron chi connectivity index (χ1n) is 6.03. The van der Waals surface area contributed by atoms with E-state index in [2.05, 4.69) is 62.7 Å². The highest BCUT2D eigenvalue weighted by Gasteiger charge is 2.18. The highest BCUT2D eigenvalue weighted by molar-refractivity contribution is 9.10. The molecule has 0 radical (unpaired) electrons. The van der Waals surface area contributed by atoms with Gasteiger partial charge in [-0.15, -0.1) is 16.9 Å². The van der Waals surface area contributed by atoms with E-state index in [4.69, 9.17) is 0 Å². The summed E-state index contributed by atoms with van der Waals surface area (Å²) >= 11 is 5.28. The lowest BCUT2D eigenvalue weighted by Gasteiger charge is -2.16. The molecule has 0 fully saturated rings. The van der Waals surface area contributed by atoms with Crippen LogP contribution in [-0.4, -0.2) is 27.8 Å². The summed E-state index contributed by atoms with van der Waals surface area (Å²) in [6, 6.07) is 8.80. The molecular formula is C13H17BrN4S. The SMILES string of the molecule is CNC(CSc1ccc(C)cc1)c1c(Br)nnn1C. The lowest BCUT2D eigenvalue weighted by molar-refractivity contribution is 0.578. The Morgan fingerprint density at radius 1 is 1.37 bits per heavy atom. The van der Waals surface area contributed by atoms with Crippen molar-refractivity contribution in [3.8, 4) is 0 Å². The third-order valence-electron chi connectivity index (χ3n) is 2.94. The highest BCUT2D eigenvalue weighted by atomic mass is 79.9. The van der Waals surface area contributed by atoms with Crippen LogP contribution in [0, 0.1) is 6.92 Å². The van der Waals surface area contributed by atoms with Crippen molar-refractivity contribution in [3.63, 3.8) is 0 Å². The Hall–Kier alpha value is -0.850. The quantitative estimate of drug-likeness (QED) is 0.849. The summed E-state index contributed by atoms with van der Waals surface area (Å²) in [5.41, 5.74) is 2.36. The van der Waals surface area contributed by atoms with E-state index in [-0.39, 0.29) is 6.04 Å². The van der Waals surface area contributed by atoms with Gasteiger partial charge in [0.2, 0.25) is 0 Å². The van der Waals surface area contributed by atoms with Crippen LogP contribution in [0.15, 0.2) is 33.8 Å². The van der Waals surface area contributed by atoms with Crippen molar-refractivity contribution in [2.75, 3.05) is 12.8 Å². The Bertz CT molecular complexity index is 519. The molecule has 2 aromatic rings. The van der Waals surface area contributed by atoms with E-state index in [0.29, 0.717) is 0 Å². The maximum atomic E-state index is 4.03. The third kappa shape index (κ3) is 3.58. The lowest BCUT2D eigenvalue weighted by atomic mass is 10.2. The summed E-state index contributed by atoms with van der Waals surface area (Å²) in [7, 11) is 3.87. The molecule has 0 aliphatic rings. The molecule has 2 rings (SSSR count). The van der Waals surface area contributed by atoms with E-state index in [1.165, 1.54) is 10.5 Å². The van der Waals surface area contributed by atoms with Crippen LogP contribution in [0.4, 0.5) is 0 Å². The fraction of sp³-hybridized carbons (Fsp3) is 0.385. The number of nitrogens with zero attached hydrogens (tertiary/aromatic N) is 3. The molecule has 4 nitrogen and oxygen atoms in total. The van der Waals surface area contributed by atoms with Crippen LogP contribution in [0.5, 0.6) is 0 Å².